The van der Waals surface area contributed by atoms with E-state index in [0.29, 0.717) is 25.9 Å². The topological polar surface area (TPSA) is 53.3 Å². The molecule has 0 unspecified atom stereocenters. The number of amides is 1. The summed E-state index contributed by atoms with van der Waals surface area (Å²) in [5.41, 5.74) is 0.420. The van der Waals surface area contributed by atoms with Crippen molar-refractivity contribution in [2.75, 3.05) is 13.1 Å². The molecule has 0 saturated carbocycles. The molecule has 0 spiro atoms. The number of hydrogen-bond donors (Lipinski definition) is 0. The quantitative estimate of drug-likeness (QED) is 0.730. The van der Waals surface area contributed by atoms with E-state index in [9.17, 15) is 10.1 Å². The third kappa shape index (κ3) is 5.00. The fourth-order valence-electron chi connectivity index (χ4n) is 3.01. The van der Waals surface area contributed by atoms with Gasteiger partial charge >= 0.3 is 6.09 Å². The molecule has 0 atom stereocenters. The van der Waals surface area contributed by atoms with Crippen LogP contribution in [0.5, 0.6) is 0 Å². The summed E-state index contributed by atoms with van der Waals surface area (Å²) in [7, 11) is 0. The van der Waals surface area contributed by atoms with Gasteiger partial charge in [0, 0.05) is 18.1 Å². The molecule has 23 heavy (non-hydrogen) atoms. The second-order valence-corrected chi connectivity index (χ2v) is 7.96. The summed E-state index contributed by atoms with van der Waals surface area (Å²) in [4.78, 5) is 13.8. The van der Waals surface area contributed by atoms with Crippen molar-refractivity contribution >= 4 is 17.7 Å². The Morgan fingerprint density at radius 2 is 2.00 bits per heavy atom. The molecule has 2 rings (SSSR count). The summed E-state index contributed by atoms with van der Waals surface area (Å²) in [5, 5.41) is 10.6. The zero-order chi connectivity index (χ0) is 17.1. The number of halogens is 1. The van der Waals surface area contributed by atoms with Crippen LogP contribution in [0.1, 0.15) is 52.9 Å². The minimum absolute atomic E-state index is 0.282. The van der Waals surface area contributed by atoms with Crippen molar-refractivity contribution in [3.63, 3.8) is 0 Å². The van der Waals surface area contributed by atoms with E-state index < -0.39 is 5.60 Å². The third-order valence-electron chi connectivity index (χ3n) is 4.36. The second kappa shape index (κ2) is 6.97. The molecule has 2 aliphatic rings. The standard InChI is InChI=1S/C18H25ClN2O2/c1-17(2,3)23-16(22)21-10-8-18(13-20,9-11-21)12-14-4-6-15(19)7-5-14/h4,6H,5,7-12H2,1-3H3. The highest BCUT2D eigenvalue weighted by molar-refractivity contribution is 6.29. The van der Waals surface area contributed by atoms with Gasteiger partial charge in [-0.15, -0.1) is 0 Å². The first-order valence-corrected chi connectivity index (χ1v) is 8.54. The highest BCUT2D eigenvalue weighted by Crippen LogP contribution is 2.39. The molecule has 1 heterocycles. The van der Waals surface area contributed by atoms with Crippen molar-refractivity contribution in [1.29, 1.82) is 5.26 Å². The lowest BCUT2D eigenvalue weighted by Gasteiger charge is -2.38. The van der Waals surface area contributed by atoms with Crippen LogP contribution >= 0.6 is 11.6 Å². The molecule has 0 bridgehead atoms. The molecule has 0 radical (unpaired) electrons. The molecule has 1 fully saturated rings. The zero-order valence-corrected chi connectivity index (χ0v) is 14.9. The van der Waals surface area contributed by atoms with Crippen molar-refractivity contribution in [1.82, 2.24) is 4.90 Å². The number of piperidine rings is 1. The first kappa shape index (κ1) is 17.9. The Morgan fingerprint density at radius 1 is 1.35 bits per heavy atom. The van der Waals surface area contributed by atoms with E-state index in [0.717, 1.165) is 24.3 Å². The second-order valence-electron chi connectivity index (χ2n) is 7.47. The fraction of sp³-hybridized carbons (Fsp3) is 0.667. The molecule has 0 N–H and O–H groups in total. The van der Waals surface area contributed by atoms with Gasteiger partial charge in [-0.2, -0.15) is 5.26 Å². The van der Waals surface area contributed by atoms with E-state index in [1.807, 2.05) is 32.9 Å². The first-order valence-electron chi connectivity index (χ1n) is 8.16. The predicted octanol–water partition coefficient (Wildman–Crippen LogP) is 4.76. The molecule has 0 aromatic rings. The van der Waals surface area contributed by atoms with E-state index in [4.69, 9.17) is 16.3 Å². The third-order valence-corrected chi connectivity index (χ3v) is 4.67. The number of nitrogens with zero attached hydrogens (tertiary/aromatic N) is 2. The minimum Gasteiger partial charge on any atom is -0.444 e. The Labute approximate surface area is 143 Å². The summed E-state index contributed by atoms with van der Waals surface area (Å²) >= 11 is 5.99. The number of likely N-dealkylation sites (tertiary alicyclic amines) is 1. The smallest absolute Gasteiger partial charge is 0.410 e. The maximum absolute atomic E-state index is 12.1. The minimum atomic E-state index is -0.487. The van der Waals surface area contributed by atoms with Gasteiger partial charge in [-0.05, 0) is 59.0 Å². The van der Waals surface area contributed by atoms with Gasteiger partial charge in [-0.1, -0.05) is 23.3 Å². The van der Waals surface area contributed by atoms with E-state index in [-0.39, 0.29) is 11.5 Å². The highest BCUT2D eigenvalue weighted by Gasteiger charge is 2.37. The van der Waals surface area contributed by atoms with Gasteiger partial charge in [0.1, 0.15) is 5.60 Å². The Bertz CT molecular complexity index is 559. The van der Waals surface area contributed by atoms with Crippen LogP contribution in [0.15, 0.2) is 22.8 Å². The maximum Gasteiger partial charge on any atom is 0.410 e. The Kier molecular flexibility index (Phi) is 5.41. The first-order chi connectivity index (χ1) is 10.7. The molecule has 126 valence electrons. The van der Waals surface area contributed by atoms with Crippen molar-refractivity contribution in [3.8, 4) is 6.07 Å². The van der Waals surface area contributed by atoms with Gasteiger partial charge in [0.15, 0.2) is 0 Å². The van der Waals surface area contributed by atoms with Gasteiger partial charge < -0.3 is 9.64 Å². The molecule has 1 aliphatic carbocycles. The van der Waals surface area contributed by atoms with Crippen LogP contribution in [-0.2, 0) is 4.74 Å². The van der Waals surface area contributed by atoms with Crippen LogP contribution in [0, 0.1) is 16.7 Å². The fourth-order valence-corrected chi connectivity index (χ4v) is 3.17. The van der Waals surface area contributed by atoms with E-state index in [2.05, 4.69) is 6.07 Å². The molecule has 5 heteroatoms. The molecule has 1 amide bonds. The summed E-state index contributed by atoms with van der Waals surface area (Å²) in [6.45, 7) is 6.74. The number of carbonyl (C=O) groups is 1. The van der Waals surface area contributed by atoms with Crippen molar-refractivity contribution < 1.29 is 9.53 Å². The van der Waals surface area contributed by atoms with Crippen molar-refractivity contribution in [2.45, 2.75) is 58.5 Å². The average molecular weight is 337 g/mol. The van der Waals surface area contributed by atoms with Crippen LogP contribution in [-0.4, -0.2) is 29.7 Å². The van der Waals surface area contributed by atoms with Crippen molar-refractivity contribution in [3.05, 3.63) is 22.8 Å². The SMILES string of the molecule is CC(C)(C)OC(=O)N1CCC(C#N)(CC2=CC=C(Cl)CC2)CC1. The zero-order valence-electron chi connectivity index (χ0n) is 14.2. The molecule has 0 aromatic heterocycles. The Balaban J connectivity index is 1.95. The van der Waals surface area contributed by atoms with Gasteiger partial charge in [0.2, 0.25) is 0 Å². The number of allylic oxidation sites excluding steroid dienone is 4. The molecule has 0 aromatic carbocycles. The average Bonchev–Trinajstić information content (AvgIpc) is 2.48. The molecular formula is C18H25ClN2O2. The largest absolute Gasteiger partial charge is 0.444 e. The molecular weight excluding hydrogens is 312 g/mol. The summed E-state index contributed by atoms with van der Waals surface area (Å²) in [5.74, 6) is 0. The van der Waals surface area contributed by atoms with Gasteiger partial charge in [-0.25, -0.2) is 4.79 Å². The summed E-state index contributed by atoms with van der Waals surface area (Å²) in [6.07, 6.45) is 7.64. The van der Waals surface area contributed by atoms with Gasteiger partial charge in [-0.3, -0.25) is 0 Å². The number of hydrogen-bond acceptors (Lipinski definition) is 3. The summed E-state index contributed by atoms with van der Waals surface area (Å²) < 4.78 is 5.41. The number of rotatable bonds is 2. The van der Waals surface area contributed by atoms with Crippen LogP contribution in [0.3, 0.4) is 0 Å². The van der Waals surface area contributed by atoms with E-state index >= 15 is 0 Å². The lowest BCUT2D eigenvalue weighted by atomic mass is 9.74. The number of carbonyl (C=O) groups excluding carboxylic acids is 1. The van der Waals surface area contributed by atoms with E-state index in [1.165, 1.54) is 5.57 Å². The van der Waals surface area contributed by atoms with Crippen LogP contribution in [0.25, 0.3) is 0 Å². The predicted molar refractivity (Wildman–Crippen MR) is 91.0 cm³/mol. The Morgan fingerprint density at radius 3 is 2.48 bits per heavy atom. The van der Waals surface area contributed by atoms with Crippen molar-refractivity contribution in [2.24, 2.45) is 5.41 Å². The van der Waals surface area contributed by atoms with Crippen LogP contribution in [0.4, 0.5) is 4.79 Å². The van der Waals surface area contributed by atoms with Crippen LogP contribution in [0.2, 0.25) is 0 Å². The van der Waals surface area contributed by atoms with Gasteiger partial charge in [0.05, 0.1) is 11.5 Å². The normalized spacial score (nSPS) is 21.1. The maximum atomic E-state index is 12.1. The monoisotopic (exact) mass is 336 g/mol. The van der Waals surface area contributed by atoms with Crippen LogP contribution < -0.4 is 0 Å². The number of nitriles is 1. The molecule has 4 nitrogen and oxygen atoms in total. The molecule has 1 aliphatic heterocycles. The molecule has 1 saturated heterocycles. The lowest BCUT2D eigenvalue weighted by molar-refractivity contribution is 0.0148. The number of ether oxygens (including phenoxy) is 1. The Hall–Kier alpha value is -1.47. The van der Waals surface area contributed by atoms with E-state index in [1.54, 1.807) is 4.90 Å². The van der Waals surface area contributed by atoms with Gasteiger partial charge in [0.25, 0.3) is 0 Å². The highest BCUT2D eigenvalue weighted by atomic mass is 35.5. The lowest BCUT2D eigenvalue weighted by Crippen LogP contribution is -2.45. The summed E-state index contributed by atoms with van der Waals surface area (Å²) in [6, 6.07) is 2.51.